The van der Waals surface area contributed by atoms with Crippen LogP contribution in [0.15, 0.2) is 30.5 Å². The van der Waals surface area contributed by atoms with Crippen LogP contribution in [0.1, 0.15) is 54.9 Å². The van der Waals surface area contributed by atoms with E-state index in [4.69, 9.17) is 4.98 Å². The maximum absolute atomic E-state index is 13.1. The van der Waals surface area contributed by atoms with Gasteiger partial charge in [-0.25, -0.2) is 14.4 Å². The van der Waals surface area contributed by atoms with Crippen LogP contribution >= 0.6 is 0 Å². The van der Waals surface area contributed by atoms with E-state index >= 15 is 0 Å². The van der Waals surface area contributed by atoms with Crippen LogP contribution < -0.4 is 0 Å². The number of hydrogen-bond donors (Lipinski definition) is 0. The van der Waals surface area contributed by atoms with Crippen LogP contribution in [0.3, 0.4) is 0 Å². The number of likely N-dealkylation sites (tertiary alicyclic amines) is 1. The first-order valence-corrected chi connectivity index (χ1v) is 9.69. The van der Waals surface area contributed by atoms with Crippen molar-refractivity contribution in [2.45, 2.75) is 51.7 Å². The zero-order valence-corrected chi connectivity index (χ0v) is 15.7. The van der Waals surface area contributed by atoms with Gasteiger partial charge in [-0.1, -0.05) is 12.1 Å². The molecule has 0 saturated carbocycles. The molecule has 5 nitrogen and oxygen atoms in total. The first kappa shape index (κ1) is 18.0. The summed E-state index contributed by atoms with van der Waals surface area (Å²) in [7, 11) is 0. The molecule has 0 unspecified atom stereocenters. The maximum Gasteiger partial charge on any atom is 0.220 e. The number of aromatic nitrogens is 2. The molecule has 2 aromatic rings. The van der Waals surface area contributed by atoms with Crippen LogP contribution in [0.4, 0.5) is 4.39 Å². The summed E-state index contributed by atoms with van der Waals surface area (Å²) in [6, 6.07) is 6.70. The average Bonchev–Trinajstić information content (AvgIpc) is 2.69. The lowest BCUT2D eigenvalue weighted by Gasteiger charge is -2.35. The summed E-state index contributed by atoms with van der Waals surface area (Å²) < 4.78 is 13.1. The molecule has 0 radical (unpaired) electrons. The lowest BCUT2D eigenvalue weighted by molar-refractivity contribution is -0.132. The van der Waals surface area contributed by atoms with Gasteiger partial charge in [-0.3, -0.25) is 9.69 Å². The Labute approximate surface area is 159 Å². The zero-order valence-electron chi connectivity index (χ0n) is 15.7. The molecular weight excluding hydrogens is 343 g/mol. The Bertz CT molecular complexity index is 823. The van der Waals surface area contributed by atoms with Gasteiger partial charge in [-0.15, -0.1) is 0 Å². The van der Waals surface area contributed by atoms with Gasteiger partial charge in [0.1, 0.15) is 5.82 Å². The summed E-state index contributed by atoms with van der Waals surface area (Å²) in [4.78, 5) is 25.7. The minimum atomic E-state index is -0.203. The molecule has 2 aliphatic heterocycles. The second-order valence-corrected chi connectivity index (χ2v) is 7.51. The summed E-state index contributed by atoms with van der Waals surface area (Å²) in [6.07, 6.45) is 5.91. The SMILES string of the molecule is CC(=O)N1CCCC[C@H]1c1ncc2c(n1)CCN(Cc1ccc(F)cc1)C2. The van der Waals surface area contributed by atoms with Gasteiger partial charge in [-0.05, 0) is 37.0 Å². The molecule has 142 valence electrons. The number of amides is 1. The largest absolute Gasteiger partial charge is 0.333 e. The summed E-state index contributed by atoms with van der Waals surface area (Å²) in [6.45, 7) is 4.94. The van der Waals surface area contributed by atoms with E-state index in [2.05, 4.69) is 9.88 Å². The zero-order chi connectivity index (χ0) is 18.8. The third kappa shape index (κ3) is 4.00. The highest BCUT2D eigenvalue weighted by molar-refractivity contribution is 5.73. The van der Waals surface area contributed by atoms with Crippen molar-refractivity contribution in [3.63, 3.8) is 0 Å². The summed E-state index contributed by atoms with van der Waals surface area (Å²) in [5, 5.41) is 0. The smallest absolute Gasteiger partial charge is 0.220 e. The van der Waals surface area contributed by atoms with Gasteiger partial charge in [0, 0.05) is 57.0 Å². The molecule has 1 aromatic carbocycles. The van der Waals surface area contributed by atoms with Crippen LogP contribution in [0, 0.1) is 5.82 Å². The molecule has 6 heteroatoms. The van der Waals surface area contributed by atoms with Gasteiger partial charge >= 0.3 is 0 Å². The maximum atomic E-state index is 13.1. The molecule has 1 amide bonds. The number of benzene rings is 1. The van der Waals surface area contributed by atoms with Crippen molar-refractivity contribution >= 4 is 5.91 Å². The molecule has 3 heterocycles. The van der Waals surface area contributed by atoms with Crippen molar-refractivity contribution in [3.05, 3.63) is 58.9 Å². The molecule has 1 atom stereocenters. The highest BCUT2D eigenvalue weighted by Crippen LogP contribution is 2.30. The molecule has 0 spiro atoms. The van der Waals surface area contributed by atoms with E-state index < -0.39 is 0 Å². The van der Waals surface area contributed by atoms with Crippen molar-refractivity contribution in [1.29, 1.82) is 0 Å². The fraction of sp³-hybridized carbons (Fsp3) is 0.476. The van der Waals surface area contributed by atoms with Crippen LogP contribution in [0.2, 0.25) is 0 Å². The van der Waals surface area contributed by atoms with Crippen molar-refractivity contribution < 1.29 is 9.18 Å². The third-order valence-corrected chi connectivity index (χ3v) is 5.56. The predicted molar refractivity (Wildman–Crippen MR) is 100 cm³/mol. The fourth-order valence-corrected chi connectivity index (χ4v) is 4.11. The minimum absolute atomic E-state index is 0.0128. The number of nitrogens with zero attached hydrogens (tertiary/aromatic N) is 4. The minimum Gasteiger partial charge on any atom is -0.333 e. The fourth-order valence-electron chi connectivity index (χ4n) is 4.11. The molecule has 1 aromatic heterocycles. The summed E-state index contributed by atoms with van der Waals surface area (Å²) in [5.41, 5.74) is 3.36. The van der Waals surface area contributed by atoms with Gasteiger partial charge < -0.3 is 4.90 Å². The van der Waals surface area contributed by atoms with Crippen molar-refractivity contribution in [2.24, 2.45) is 0 Å². The number of piperidine rings is 1. The monoisotopic (exact) mass is 368 g/mol. The van der Waals surface area contributed by atoms with E-state index in [0.29, 0.717) is 0 Å². The molecular formula is C21H25FN4O. The van der Waals surface area contributed by atoms with E-state index in [1.54, 1.807) is 6.92 Å². The second kappa shape index (κ2) is 7.72. The Morgan fingerprint density at radius 2 is 2.04 bits per heavy atom. The Kier molecular flexibility index (Phi) is 5.16. The molecule has 1 saturated heterocycles. The van der Waals surface area contributed by atoms with Gasteiger partial charge in [0.25, 0.3) is 0 Å². The van der Waals surface area contributed by atoms with Crippen molar-refractivity contribution in [1.82, 2.24) is 19.8 Å². The number of carbonyl (C=O) groups excluding carboxylic acids is 1. The van der Waals surface area contributed by atoms with E-state index in [9.17, 15) is 9.18 Å². The first-order chi connectivity index (χ1) is 13.1. The van der Waals surface area contributed by atoms with Gasteiger partial charge in [0.05, 0.1) is 6.04 Å². The number of halogens is 1. The number of rotatable bonds is 3. The van der Waals surface area contributed by atoms with Gasteiger partial charge in [0.15, 0.2) is 5.82 Å². The van der Waals surface area contributed by atoms with Gasteiger partial charge in [0.2, 0.25) is 5.91 Å². The quantitative estimate of drug-likeness (QED) is 0.835. The first-order valence-electron chi connectivity index (χ1n) is 9.69. The highest BCUT2D eigenvalue weighted by Gasteiger charge is 2.29. The normalized spacial score (nSPS) is 20.4. The molecule has 27 heavy (non-hydrogen) atoms. The molecule has 0 aliphatic carbocycles. The Morgan fingerprint density at radius 1 is 1.22 bits per heavy atom. The van der Waals surface area contributed by atoms with Gasteiger partial charge in [-0.2, -0.15) is 0 Å². The molecule has 4 rings (SSSR count). The van der Waals surface area contributed by atoms with E-state index in [1.807, 2.05) is 23.2 Å². The van der Waals surface area contributed by atoms with Crippen LogP contribution in [-0.2, 0) is 24.3 Å². The van der Waals surface area contributed by atoms with Crippen molar-refractivity contribution in [2.75, 3.05) is 13.1 Å². The summed E-state index contributed by atoms with van der Waals surface area (Å²) in [5.74, 6) is 0.688. The number of fused-ring (bicyclic) bond motifs is 1. The number of hydrogen-bond acceptors (Lipinski definition) is 4. The van der Waals surface area contributed by atoms with E-state index in [-0.39, 0.29) is 17.8 Å². The molecule has 0 N–H and O–H groups in total. The Balaban J connectivity index is 1.48. The second-order valence-electron chi connectivity index (χ2n) is 7.51. The van der Waals surface area contributed by atoms with Crippen LogP contribution in [0.25, 0.3) is 0 Å². The summed E-state index contributed by atoms with van der Waals surface area (Å²) >= 11 is 0. The van der Waals surface area contributed by atoms with Crippen molar-refractivity contribution in [3.8, 4) is 0 Å². The Morgan fingerprint density at radius 3 is 2.81 bits per heavy atom. The number of carbonyl (C=O) groups is 1. The lowest BCUT2D eigenvalue weighted by Crippen LogP contribution is -2.38. The predicted octanol–water partition coefficient (Wildman–Crippen LogP) is 3.25. The molecule has 1 fully saturated rings. The molecule has 0 bridgehead atoms. The highest BCUT2D eigenvalue weighted by atomic mass is 19.1. The van der Waals surface area contributed by atoms with E-state index in [1.165, 1.54) is 12.1 Å². The topological polar surface area (TPSA) is 49.3 Å². The molecule has 2 aliphatic rings. The standard InChI is InChI=1S/C21H25FN4O/c1-15(27)26-10-3-2-4-20(26)21-23-12-17-14-25(11-9-19(17)24-21)13-16-5-7-18(22)8-6-16/h5-8,12,20H,2-4,9-11,13-14H2,1H3/t20-/m0/s1. The van der Waals surface area contributed by atoms with Crippen LogP contribution in [-0.4, -0.2) is 38.8 Å². The van der Waals surface area contributed by atoms with E-state index in [0.717, 1.165) is 74.5 Å². The average molecular weight is 368 g/mol. The lowest BCUT2D eigenvalue weighted by atomic mass is 10.0. The Hall–Kier alpha value is -2.34. The third-order valence-electron chi connectivity index (χ3n) is 5.56. The van der Waals surface area contributed by atoms with Crippen LogP contribution in [0.5, 0.6) is 0 Å².